The molecule has 1 aromatic rings. The molecule has 0 bridgehead atoms. The van der Waals surface area contributed by atoms with E-state index in [0.29, 0.717) is 10.2 Å². The third kappa shape index (κ3) is 3.82. The highest BCUT2D eigenvalue weighted by Gasteiger charge is 2.33. The van der Waals surface area contributed by atoms with Crippen LogP contribution in [0.4, 0.5) is 0 Å². The molecule has 112 valence electrons. The largest absolute Gasteiger partial charge is 0.483 e. The van der Waals surface area contributed by atoms with Gasteiger partial charge in [-0.1, -0.05) is 15.9 Å². The van der Waals surface area contributed by atoms with E-state index in [9.17, 15) is 14.4 Å². The Morgan fingerprint density at radius 2 is 2.14 bits per heavy atom. The van der Waals surface area contributed by atoms with Gasteiger partial charge in [-0.05, 0) is 41.1 Å². The number of nitrogens with zero attached hydrogens (tertiary/aromatic N) is 1. The summed E-state index contributed by atoms with van der Waals surface area (Å²) < 4.78 is 7.00. The van der Waals surface area contributed by atoms with E-state index in [1.807, 2.05) is 0 Å². The molecule has 0 saturated carbocycles. The van der Waals surface area contributed by atoms with Crippen LogP contribution in [0.3, 0.4) is 0 Å². The quantitative estimate of drug-likeness (QED) is 0.752. The molecule has 0 aromatic heterocycles. The normalized spacial score (nSPS) is 18.4. The molecule has 0 radical (unpaired) electrons. The maximum atomic E-state index is 12.1. The van der Waals surface area contributed by atoms with Crippen molar-refractivity contribution >= 4 is 49.6 Å². The summed E-state index contributed by atoms with van der Waals surface area (Å²) in [6.45, 7) is 1.18. The van der Waals surface area contributed by atoms with Crippen LogP contribution in [0.1, 0.15) is 6.92 Å². The van der Waals surface area contributed by atoms with Crippen LogP contribution in [0.5, 0.6) is 5.75 Å². The molecule has 2 rings (SSSR count). The highest BCUT2D eigenvalue weighted by molar-refractivity contribution is 9.11. The number of halogens is 2. The highest BCUT2D eigenvalue weighted by Crippen LogP contribution is 2.28. The first-order valence-corrected chi connectivity index (χ1v) is 7.68. The Kier molecular flexibility index (Phi) is 5.00. The molecule has 1 heterocycles. The molecule has 0 aliphatic carbocycles. The van der Waals surface area contributed by atoms with Crippen LogP contribution < -0.4 is 10.1 Å². The predicted molar refractivity (Wildman–Crippen MR) is 81.7 cm³/mol. The van der Waals surface area contributed by atoms with Gasteiger partial charge in [0.1, 0.15) is 18.3 Å². The van der Waals surface area contributed by atoms with Gasteiger partial charge in [0.2, 0.25) is 11.8 Å². The minimum absolute atomic E-state index is 0.142. The molecule has 1 fully saturated rings. The van der Waals surface area contributed by atoms with Gasteiger partial charge < -0.3 is 9.64 Å². The van der Waals surface area contributed by atoms with Gasteiger partial charge in [0.15, 0.2) is 6.61 Å². The summed E-state index contributed by atoms with van der Waals surface area (Å²) in [6, 6.07) is 4.59. The summed E-state index contributed by atoms with van der Waals surface area (Å²) in [7, 11) is 0. The lowest BCUT2D eigenvalue weighted by Gasteiger charge is -2.31. The molecule has 8 heteroatoms. The third-order valence-corrected chi connectivity index (χ3v) is 4.10. The number of hydrogen-bond acceptors (Lipinski definition) is 4. The Bertz CT molecular complexity index is 606. The van der Waals surface area contributed by atoms with Crippen LogP contribution in [0, 0.1) is 0 Å². The number of carbonyl (C=O) groups is 3. The molecular formula is C13H12Br2N2O4. The topological polar surface area (TPSA) is 75.7 Å². The minimum atomic E-state index is -0.688. The maximum Gasteiger partial charge on any atom is 0.261 e. The summed E-state index contributed by atoms with van der Waals surface area (Å²) in [5, 5.41) is 2.18. The molecular weight excluding hydrogens is 408 g/mol. The summed E-state index contributed by atoms with van der Waals surface area (Å²) in [6.07, 6.45) is 0. The summed E-state index contributed by atoms with van der Waals surface area (Å²) in [5.74, 6) is -0.881. The molecule has 1 aromatic carbocycles. The maximum absolute atomic E-state index is 12.1. The molecule has 21 heavy (non-hydrogen) atoms. The first kappa shape index (κ1) is 16.0. The standard InChI is InChI=1S/C13H12Br2N2O4/c1-7-13(20)16-11(18)5-17(7)12(19)6-21-10-3-2-8(14)4-9(10)15/h2-4,7H,5-6H2,1H3,(H,16,18,20). The SMILES string of the molecule is CC1C(=O)NC(=O)CN1C(=O)COc1ccc(Br)cc1Br. The summed E-state index contributed by atoms with van der Waals surface area (Å²) >= 11 is 6.64. The zero-order chi connectivity index (χ0) is 15.6. The number of carbonyl (C=O) groups excluding carboxylic acids is 3. The number of rotatable bonds is 3. The van der Waals surface area contributed by atoms with Gasteiger partial charge in [-0.3, -0.25) is 19.7 Å². The Hall–Kier alpha value is -1.41. The zero-order valence-corrected chi connectivity index (χ0v) is 14.2. The molecule has 1 atom stereocenters. The van der Waals surface area contributed by atoms with Crippen molar-refractivity contribution in [2.45, 2.75) is 13.0 Å². The number of imide groups is 1. The Morgan fingerprint density at radius 3 is 2.81 bits per heavy atom. The van der Waals surface area contributed by atoms with Crippen LogP contribution in [0.2, 0.25) is 0 Å². The lowest BCUT2D eigenvalue weighted by atomic mass is 10.2. The molecule has 1 aliphatic heterocycles. The molecule has 1 aliphatic rings. The van der Waals surface area contributed by atoms with E-state index in [4.69, 9.17) is 4.74 Å². The smallest absolute Gasteiger partial charge is 0.261 e. The highest BCUT2D eigenvalue weighted by atomic mass is 79.9. The average Bonchev–Trinajstić information content (AvgIpc) is 2.41. The van der Waals surface area contributed by atoms with E-state index in [1.54, 1.807) is 25.1 Å². The number of amides is 3. The van der Waals surface area contributed by atoms with Gasteiger partial charge in [0, 0.05) is 4.47 Å². The lowest BCUT2D eigenvalue weighted by Crippen LogP contribution is -2.59. The second-order valence-corrected chi connectivity index (χ2v) is 6.24. The Balaban J connectivity index is 2.01. The fourth-order valence-electron chi connectivity index (χ4n) is 1.83. The van der Waals surface area contributed by atoms with Crippen molar-refractivity contribution in [2.75, 3.05) is 13.2 Å². The molecule has 0 spiro atoms. The van der Waals surface area contributed by atoms with Gasteiger partial charge in [-0.2, -0.15) is 0 Å². The van der Waals surface area contributed by atoms with Gasteiger partial charge >= 0.3 is 0 Å². The zero-order valence-electron chi connectivity index (χ0n) is 11.1. The van der Waals surface area contributed by atoms with E-state index in [0.717, 1.165) is 4.47 Å². The van der Waals surface area contributed by atoms with Crippen molar-refractivity contribution in [3.63, 3.8) is 0 Å². The van der Waals surface area contributed by atoms with Gasteiger partial charge in [-0.15, -0.1) is 0 Å². The van der Waals surface area contributed by atoms with Crippen LogP contribution in [0.25, 0.3) is 0 Å². The van der Waals surface area contributed by atoms with Gasteiger partial charge in [0.05, 0.1) is 4.47 Å². The predicted octanol–water partition coefficient (Wildman–Crippen LogP) is 1.46. The second-order valence-electron chi connectivity index (χ2n) is 4.47. The van der Waals surface area contributed by atoms with Crippen molar-refractivity contribution in [1.29, 1.82) is 0 Å². The van der Waals surface area contributed by atoms with E-state index in [1.165, 1.54) is 4.90 Å². The Morgan fingerprint density at radius 1 is 1.43 bits per heavy atom. The average molecular weight is 420 g/mol. The summed E-state index contributed by atoms with van der Waals surface area (Å²) in [4.78, 5) is 36.1. The van der Waals surface area contributed by atoms with Gasteiger partial charge in [-0.25, -0.2) is 0 Å². The van der Waals surface area contributed by atoms with E-state index in [2.05, 4.69) is 37.2 Å². The summed E-state index contributed by atoms with van der Waals surface area (Å²) in [5.41, 5.74) is 0. The Labute approximate surface area is 138 Å². The first-order chi connectivity index (χ1) is 9.88. The second kappa shape index (κ2) is 6.57. The van der Waals surface area contributed by atoms with Crippen molar-refractivity contribution in [3.8, 4) is 5.75 Å². The van der Waals surface area contributed by atoms with Crippen LogP contribution in [0.15, 0.2) is 27.1 Å². The van der Waals surface area contributed by atoms with Gasteiger partial charge in [0.25, 0.3) is 5.91 Å². The van der Waals surface area contributed by atoms with Crippen molar-refractivity contribution < 1.29 is 19.1 Å². The molecule has 1 N–H and O–H groups in total. The lowest BCUT2D eigenvalue weighted by molar-refractivity contribution is -0.150. The third-order valence-electron chi connectivity index (χ3n) is 2.99. The number of piperazine rings is 1. The van der Waals surface area contributed by atoms with E-state index < -0.39 is 23.8 Å². The van der Waals surface area contributed by atoms with Crippen molar-refractivity contribution in [1.82, 2.24) is 10.2 Å². The van der Waals surface area contributed by atoms with Crippen LogP contribution in [-0.4, -0.2) is 41.8 Å². The molecule has 3 amide bonds. The molecule has 1 unspecified atom stereocenters. The fourth-order valence-corrected chi connectivity index (χ4v) is 2.99. The van der Waals surface area contributed by atoms with Crippen molar-refractivity contribution in [3.05, 3.63) is 27.1 Å². The molecule has 6 nitrogen and oxygen atoms in total. The van der Waals surface area contributed by atoms with E-state index in [-0.39, 0.29) is 13.2 Å². The number of hydrogen-bond donors (Lipinski definition) is 1. The number of benzene rings is 1. The van der Waals surface area contributed by atoms with Crippen LogP contribution in [-0.2, 0) is 14.4 Å². The van der Waals surface area contributed by atoms with E-state index >= 15 is 0 Å². The number of nitrogens with one attached hydrogen (secondary N) is 1. The molecule has 1 saturated heterocycles. The number of ether oxygens (including phenoxy) is 1. The monoisotopic (exact) mass is 418 g/mol. The van der Waals surface area contributed by atoms with Crippen molar-refractivity contribution in [2.24, 2.45) is 0 Å². The van der Waals surface area contributed by atoms with Crippen LogP contribution >= 0.6 is 31.9 Å². The first-order valence-electron chi connectivity index (χ1n) is 6.09. The fraction of sp³-hybridized carbons (Fsp3) is 0.308. The minimum Gasteiger partial charge on any atom is -0.483 e.